The number of benzene rings is 4. The Kier molecular flexibility index (Phi) is 5.75. The quantitative estimate of drug-likeness (QED) is 0.357. The van der Waals surface area contributed by atoms with Gasteiger partial charge in [-0.3, -0.25) is 5.32 Å². The summed E-state index contributed by atoms with van der Waals surface area (Å²) in [5.74, 6) is 0.407. The lowest BCUT2D eigenvalue weighted by atomic mass is 10.0. The van der Waals surface area contributed by atoms with Crippen molar-refractivity contribution >= 4 is 39.0 Å². The Morgan fingerprint density at radius 3 is 2.41 bits per heavy atom. The third kappa shape index (κ3) is 4.63. The minimum atomic E-state index is -4.40. The summed E-state index contributed by atoms with van der Waals surface area (Å²) in [5.41, 5.74) is 1.10. The number of carbonyl (C=O) groups is 1. The lowest BCUT2D eigenvalue weighted by Crippen LogP contribution is -2.49. The minimum absolute atomic E-state index is 0.00243. The number of amides is 1. The van der Waals surface area contributed by atoms with Gasteiger partial charge in [-0.1, -0.05) is 42.5 Å². The zero-order valence-corrected chi connectivity index (χ0v) is 18.0. The zero-order valence-electron chi connectivity index (χ0n) is 18.0. The molecular formula is C26H21F3N2O3. The van der Waals surface area contributed by atoms with Crippen molar-refractivity contribution in [1.29, 1.82) is 0 Å². The van der Waals surface area contributed by atoms with Crippen molar-refractivity contribution in [3.05, 3.63) is 78.9 Å². The van der Waals surface area contributed by atoms with Gasteiger partial charge in [-0.2, -0.15) is 13.2 Å². The number of morpholine rings is 1. The Bertz CT molecular complexity index is 1340. The van der Waals surface area contributed by atoms with Gasteiger partial charge in [-0.15, -0.1) is 0 Å². The van der Waals surface area contributed by atoms with Crippen LogP contribution in [-0.2, 0) is 4.74 Å². The van der Waals surface area contributed by atoms with E-state index in [1.54, 1.807) is 35.2 Å². The maximum absolute atomic E-state index is 13.0. The molecule has 174 valence electrons. The van der Waals surface area contributed by atoms with Crippen LogP contribution < -0.4 is 15.0 Å². The van der Waals surface area contributed by atoms with Crippen molar-refractivity contribution in [2.45, 2.75) is 12.3 Å². The van der Waals surface area contributed by atoms with E-state index >= 15 is 0 Å². The molecular weight excluding hydrogens is 445 g/mol. The standard InChI is InChI=1S/C26H21F3N2O3/c27-26(28,29)24-16-31(13-14-33-24)20-10-8-19(9-11-20)30-25(32)34-21-12-7-18-6-5-17-3-1-2-4-22(17)23(18)15-21/h1-12,15,24H,13-14,16H2,(H,30,32). The van der Waals surface area contributed by atoms with Gasteiger partial charge in [-0.25, -0.2) is 4.79 Å². The summed E-state index contributed by atoms with van der Waals surface area (Å²) in [7, 11) is 0. The number of hydrogen-bond acceptors (Lipinski definition) is 4. The third-order valence-electron chi connectivity index (χ3n) is 5.84. The fourth-order valence-electron chi connectivity index (χ4n) is 4.13. The Hall–Kier alpha value is -3.78. The van der Waals surface area contributed by atoms with E-state index in [0.717, 1.165) is 21.5 Å². The second-order valence-corrected chi connectivity index (χ2v) is 8.08. The zero-order chi connectivity index (χ0) is 23.7. The normalized spacial score (nSPS) is 16.6. The second kappa shape index (κ2) is 8.87. The van der Waals surface area contributed by atoms with E-state index < -0.39 is 18.4 Å². The average Bonchev–Trinajstić information content (AvgIpc) is 2.84. The van der Waals surface area contributed by atoms with Crippen LogP contribution in [0.1, 0.15) is 0 Å². The van der Waals surface area contributed by atoms with Crippen LogP contribution >= 0.6 is 0 Å². The summed E-state index contributed by atoms with van der Waals surface area (Å²) < 4.78 is 49.2. The largest absolute Gasteiger partial charge is 0.417 e. The van der Waals surface area contributed by atoms with Crippen molar-refractivity contribution < 1.29 is 27.4 Å². The van der Waals surface area contributed by atoms with E-state index in [0.29, 0.717) is 23.7 Å². The highest BCUT2D eigenvalue weighted by Crippen LogP contribution is 2.30. The molecule has 0 radical (unpaired) electrons. The first-order valence-corrected chi connectivity index (χ1v) is 10.8. The van der Waals surface area contributed by atoms with E-state index in [2.05, 4.69) is 11.4 Å². The van der Waals surface area contributed by atoms with E-state index in [4.69, 9.17) is 9.47 Å². The molecule has 0 spiro atoms. The van der Waals surface area contributed by atoms with Crippen LogP contribution in [0.15, 0.2) is 78.9 Å². The molecule has 0 aromatic heterocycles. The van der Waals surface area contributed by atoms with Crippen LogP contribution in [0.4, 0.5) is 29.3 Å². The first-order valence-electron chi connectivity index (χ1n) is 10.8. The van der Waals surface area contributed by atoms with Crippen molar-refractivity contribution in [2.24, 2.45) is 0 Å². The Balaban J connectivity index is 1.26. The Labute approximate surface area is 193 Å². The summed E-state index contributed by atoms with van der Waals surface area (Å²) in [5, 5.41) is 6.84. The molecule has 1 aliphatic heterocycles. The molecule has 1 amide bonds. The van der Waals surface area contributed by atoms with Crippen LogP contribution in [0, 0.1) is 0 Å². The number of anilines is 2. The van der Waals surface area contributed by atoms with Crippen molar-refractivity contribution in [3.8, 4) is 5.75 Å². The minimum Gasteiger partial charge on any atom is -0.410 e. The van der Waals surface area contributed by atoms with Crippen molar-refractivity contribution in [2.75, 3.05) is 29.9 Å². The van der Waals surface area contributed by atoms with Crippen LogP contribution in [0.2, 0.25) is 0 Å². The highest BCUT2D eigenvalue weighted by atomic mass is 19.4. The summed E-state index contributed by atoms with van der Waals surface area (Å²) in [6.45, 7) is 0.0879. The molecule has 1 saturated heterocycles. The van der Waals surface area contributed by atoms with Gasteiger partial charge < -0.3 is 14.4 Å². The maximum Gasteiger partial charge on any atom is 0.417 e. The number of ether oxygens (including phenoxy) is 2. The van der Waals surface area contributed by atoms with Gasteiger partial charge in [0.15, 0.2) is 6.10 Å². The molecule has 1 fully saturated rings. The fraction of sp³-hybridized carbons (Fsp3) is 0.192. The first-order chi connectivity index (χ1) is 16.4. The van der Waals surface area contributed by atoms with Crippen molar-refractivity contribution in [1.82, 2.24) is 0 Å². The molecule has 1 atom stereocenters. The molecule has 1 heterocycles. The SMILES string of the molecule is O=C(Nc1ccc(N2CCOC(C(F)(F)F)C2)cc1)Oc1ccc2ccc3ccccc3c2c1. The summed E-state index contributed by atoms with van der Waals surface area (Å²) >= 11 is 0. The van der Waals surface area contributed by atoms with Gasteiger partial charge in [0.1, 0.15) is 5.75 Å². The maximum atomic E-state index is 13.0. The number of nitrogens with one attached hydrogen (secondary N) is 1. The number of rotatable bonds is 3. The molecule has 0 saturated carbocycles. The summed E-state index contributed by atoms with van der Waals surface area (Å²) in [4.78, 5) is 14.1. The molecule has 4 aromatic rings. The van der Waals surface area contributed by atoms with Gasteiger partial charge in [0.25, 0.3) is 0 Å². The molecule has 1 unspecified atom stereocenters. The van der Waals surface area contributed by atoms with Crippen LogP contribution in [0.25, 0.3) is 21.5 Å². The topological polar surface area (TPSA) is 50.8 Å². The fourth-order valence-corrected chi connectivity index (χ4v) is 4.13. The molecule has 0 bridgehead atoms. The summed E-state index contributed by atoms with van der Waals surface area (Å²) in [6.07, 6.45) is -6.87. The molecule has 34 heavy (non-hydrogen) atoms. The van der Waals surface area contributed by atoms with E-state index in [9.17, 15) is 18.0 Å². The highest BCUT2D eigenvalue weighted by molar-refractivity contribution is 6.08. The number of carbonyl (C=O) groups excluding carboxylic acids is 1. The van der Waals surface area contributed by atoms with Gasteiger partial charge in [0, 0.05) is 17.9 Å². The molecule has 1 aliphatic rings. The number of alkyl halides is 3. The van der Waals surface area contributed by atoms with Crippen LogP contribution in [-0.4, -0.2) is 38.1 Å². The molecule has 4 aromatic carbocycles. The van der Waals surface area contributed by atoms with Gasteiger partial charge in [-0.05, 0) is 57.9 Å². The molecule has 5 nitrogen and oxygen atoms in total. The molecule has 5 rings (SSSR count). The Morgan fingerprint density at radius 1 is 0.941 bits per heavy atom. The monoisotopic (exact) mass is 466 g/mol. The first kappa shape index (κ1) is 22.0. The number of fused-ring (bicyclic) bond motifs is 3. The predicted molar refractivity (Wildman–Crippen MR) is 126 cm³/mol. The van der Waals surface area contributed by atoms with E-state index in [-0.39, 0.29) is 13.2 Å². The smallest absolute Gasteiger partial charge is 0.410 e. The molecule has 1 N–H and O–H groups in total. The molecule has 8 heteroatoms. The van der Waals surface area contributed by atoms with Gasteiger partial charge >= 0.3 is 12.3 Å². The lowest BCUT2D eigenvalue weighted by Gasteiger charge is -2.35. The number of halogens is 3. The predicted octanol–water partition coefficient (Wildman–Crippen LogP) is 6.37. The lowest BCUT2D eigenvalue weighted by molar-refractivity contribution is -0.221. The second-order valence-electron chi connectivity index (χ2n) is 8.08. The van der Waals surface area contributed by atoms with E-state index in [1.807, 2.05) is 42.5 Å². The van der Waals surface area contributed by atoms with Gasteiger partial charge in [0.2, 0.25) is 0 Å². The number of hydrogen-bond donors (Lipinski definition) is 1. The van der Waals surface area contributed by atoms with Crippen LogP contribution in [0.3, 0.4) is 0 Å². The van der Waals surface area contributed by atoms with Crippen molar-refractivity contribution in [3.63, 3.8) is 0 Å². The third-order valence-corrected chi connectivity index (χ3v) is 5.84. The van der Waals surface area contributed by atoms with E-state index in [1.165, 1.54) is 0 Å². The molecule has 0 aliphatic carbocycles. The Morgan fingerprint density at radius 2 is 1.65 bits per heavy atom. The summed E-state index contributed by atoms with van der Waals surface area (Å²) in [6, 6.07) is 24.1. The van der Waals surface area contributed by atoms with Crippen LogP contribution in [0.5, 0.6) is 5.75 Å². The number of nitrogens with zero attached hydrogens (tertiary/aromatic N) is 1. The highest BCUT2D eigenvalue weighted by Gasteiger charge is 2.43. The van der Waals surface area contributed by atoms with Gasteiger partial charge in [0.05, 0.1) is 13.2 Å². The average molecular weight is 466 g/mol.